The number of imidazole rings is 1. The van der Waals surface area contributed by atoms with Crippen LogP contribution in [0.15, 0.2) is 49.1 Å². The van der Waals surface area contributed by atoms with Crippen molar-refractivity contribution in [1.29, 1.82) is 0 Å². The van der Waals surface area contributed by atoms with Crippen molar-refractivity contribution >= 4 is 16.8 Å². The summed E-state index contributed by atoms with van der Waals surface area (Å²) in [7, 11) is 0. The van der Waals surface area contributed by atoms with E-state index in [9.17, 15) is 4.79 Å². The third-order valence-electron chi connectivity index (χ3n) is 5.23. The lowest BCUT2D eigenvalue weighted by Gasteiger charge is -2.34. The Labute approximate surface area is 161 Å². The highest BCUT2D eigenvalue weighted by atomic mass is 16.2. The van der Waals surface area contributed by atoms with Gasteiger partial charge in [0.05, 0.1) is 23.2 Å². The molecule has 0 fully saturated rings. The Morgan fingerprint density at radius 3 is 3.04 bits per heavy atom. The van der Waals surface area contributed by atoms with Crippen LogP contribution >= 0.6 is 0 Å². The number of aryl methyl sites for hydroxylation is 1. The third-order valence-corrected chi connectivity index (χ3v) is 5.23. The first-order chi connectivity index (χ1) is 13.8. The number of carbonyl (C=O) groups is 1. The number of rotatable bonds is 3. The highest BCUT2D eigenvalue weighted by molar-refractivity contribution is 5.91. The molecule has 8 heteroatoms. The van der Waals surface area contributed by atoms with Crippen LogP contribution in [0.3, 0.4) is 0 Å². The number of benzene rings is 1. The molecular formula is C20H19N7O. The molecule has 1 aliphatic rings. The molecule has 0 aliphatic carbocycles. The maximum atomic E-state index is 13.4. The number of amides is 1. The molecule has 28 heavy (non-hydrogen) atoms. The van der Waals surface area contributed by atoms with Gasteiger partial charge >= 0.3 is 0 Å². The number of hydrogen-bond donors (Lipinski definition) is 1. The summed E-state index contributed by atoms with van der Waals surface area (Å²) in [6.07, 6.45) is 3.98. The van der Waals surface area contributed by atoms with Crippen molar-refractivity contribution in [1.82, 2.24) is 34.6 Å². The fourth-order valence-corrected chi connectivity index (χ4v) is 3.81. The number of hydrogen-bond acceptors (Lipinski definition) is 5. The molecule has 0 radical (unpaired) electrons. The predicted molar refractivity (Wildman–Crippen MR) is 103 cm³/mol. The van der Waals surface area contributed by atoms with E-state index in [1.807, 2.05) is 43.3 Å². The molecule has 1 amide bonds. The van der Waals surface area contributed by atoms with Crippen LogP contribution in [0.25, 0.3) is 10.9 Å². The van der Waals surface area contributed by atoms with Crippen LogP contribution in [0.4, 0.5) is 0 Å². The molecule has 0 spiro atoms. The maximum Gasteiger partial charge on any atom is 0.292 e. The zero-order chi connectivity index (χ0) is 19.1. The number of aromatic amines is 1. The smallest absolute Gasteiger partial charge is 0.292 e. The van der Waals surface area contributed by atoms with Gasteiger partial charge < -0.3 is 14.5 Å². The summed E-state index contributed by atoms with van der Waals surface area (Å²) >= 11 is 0. The van der Waals surface area contributed by atoms with E-state index in [-0.39, 0.29) is 11.9 Å². The molecule has 0 saturated carbocycles. The molecule has 1 aliphatic heterocycles. The zero-order valence-corrected chi connectivity index (χ0v) is 15.4. The minimum atomic E-state index is -0.367. The largest absolute Gasteiger partial charge is 0.348 e. The molecule has 5 rings (SSSR count). The fraction of sp³-hybridized carbons (Fsp3) is 0.250. The Morgan fingerprint density at radius 2 is 2.14 bits per heavy atom. The summed E-state index contributed by atoms with van der Waals surface area (Å²) < 4.78 is 1.76. The van der Waals surface area contributed by atoms with Crippen molar-refractivity contribution in [2.45, 2.75) is 25.9 Å². The summed E-state index contributed by atoms with van der Waals surface area (Å²) in [5.74, 6) is 0.181. The molecular weight excluding hydrogens is 354 g/mol. The Bertz CT molecular complexity index is 1160. The molecule has 4 aromatic rings. The molecule has 3 aromatic heterocycles. The van der Waals surface area contributed by atoms with Crippen LogP contribution in [0, 0.1) is 0 Å². The number of fused-ring (bicyclic) bond motifs is 2. The van der Waals surface area contributed by atoms with Crippen molar-refractivity contribution in [3.8, 4) is 0 Å². The summed E-state index contributed by atoms with van der Waals surface area (Å²) in [5, 5.41) is 9.03. The lowest BCUT2D eigenvalue weighted by molar-refractivity contribution is 0.0669. The number of nitrogens with one attached hydrogen (secondary N) is 1. The number of nitrogens with zero attached hydrogens (tertiary/aromatic N) is 6. The van der Waals surface area contributed by atoms with Gasteiger partial charge in [-0.2, -0.15) is 0 Å². The molecule has 0 bridgehead atoms. The van der Waals surface area contributed by atoms with Gasteiger partial charge in [0.25, 0.3) is 5.91 Å². The summed E-state index contributed by atoms with van der Waals surface area (Å²) in [5.41, 5.74) is 3.57. The predicted octanol–water partition coefficient (Wildman–Crippen LogP) is 2.36. The van der Waals surface area contributed by atoms with Gasteiger partial charge in [-0.1, -0.05) is 24.3 Å². The maximum absolute atomic E-state index is 13.4. The summed E-state index contributed by atoms with van der Waals surface area (Å²) in [6.45, 7) is 3.16. The van der Waals surface area contributed by atoms with Gasteiger partial charge in [0.15, 0.2) is 0 Å². The third kappa shape index (κ3) is 2.57. The van der Waals surface area contributed by atoms with Crippen LogP contribution in [0.5, 0.6) is 0 Å². The van der Waals surface area contributed by atoms with E-state index in [2.05, 4.69) is 20.2 Å². The molecule has 8 nitrogen and oxygen atoms in total. The van der Waals surface area contributed by atoms with Crippen molar-refractivity contribution in [3.63, 3.8) is 0 Å². The lowest BCUT2D eigenvalue weighted by Crippen LogP contribution is -2.42. The highest BCUT2D eigenvalue weighted by Gasteiger charge is 2.37. The van der Waals surface area contributed by atoms with Gasteiger partial charge in [0, 0.05) is 30.6 Å². The Balaban J connectivity index is 1.63. The van der Waals surface area contributed by atoms with Crippen LogP contribution in [-0.2, 0) is 13.0 Å². The first-order valence-corrected chi connectivity index (χ1v) is 9.33. The van der Waals surface area contributed by atoms with Crippen LogP contribution in [-0.4, -0.2) is 47.1 Å². The Hall–Kier alpha value is -3.55. The number of H-pyrrole nitrogens is 1. The molecule has 1 atom stereocenters. The fourth-order valence-electron chi connectivity index (χ4n) is 3.81. The first kappa shape index (κ1) is 16.6. The quantitative estimate of drug-likeness (QED) is 0.595. The number of aromatic nitrogens is 6. The second-order valence-corrected chi connectivity index (χ2v) is 6.79. The molecule has 0 saturated heterocycles. The van der Waals surface area contributed by atoms with Crippen molar-refractivity contribution in [3.05, 3.63) is 72.0 Å². The molecule has 140 valence electrons. The number of pyridine rings is 1. The normalized spacial score (nSPS) is 16.3. The van der Waals surface area contributed by atoms with Gasteiger partial charge in [0.2, 0.25) is 5.82 Å². The lowest BCUT2D eigenvalue weighted by atomic mass is 9.98. The first-order valence-electron chi connectivity index (χ1n) is 9.33. The molecule has 1 aromatic carbocycles. The van der Waals surface area contributed by atoms with Gasteiger partial charge in [-0.15, -0.1) is 10.2 Å². The summed E-state index contributed by atoms with van der Waals surface area (Å²) in [6, 6.07) is 11.6. The monoisotopic (exact) mass is 373 g/mol. The molecule has 1 N–H and O–H groups in total. The number of para-hydroxylation sites is 1. The molecule has 4 heterocycles. The SMILES string of the molecule is CCn1cnnc1C(=O)N1CCc2[nH]cnc2[C@H]1c1ccc2ccccc2n1. The van der Waals surface area contributed by atoms with Gasteiger partial charge in [-0.05, 0) is 19.1 Å². The Morgan fingerprint density at radius 1 is 1.25 bits per heavy atom. The van der Waals surface area contributed by atoms with E-state index >= 15 is 0 Å². The van der Waals surface area contributed by atoms with Crippen LogP contribution in [0.2, 0.25) is 0 Å². The van der Waals surface area contributed by atoms with E-state index in [4.69, 9.17) is 4.98 Å². The average molecular weight is 373 g/mol. The van der Waals surface area contributed by atoms with E-state index < -0.39 is 0 Å². The van der Waals surface area contributed by atoms with Gasteiger partial charge in [-0.3, -0.25) is 9.78 Å². The second kappa shape index (κ2) is 6.56. The van der Waals surface area contributed by atoms with Gasteiger partial charge in [0.1, 0.15) is 12.4 Å². The van der Waals surface area contributed by atoms with Crippen LogP contribution in [0.1, 0.15) is 40.7 Å². The van der Waals surface area contributed by atoms with Crippen molar-refractivity contribution in [2.75, 3.05) is 6.54 Å². The van der Waals surface area contributed by atoms with E-state index in [0.717, 1.165) is 28.0 Å². The molecule has 0 unspecified atom stereocenters. The second-order valence-electron chi connectivity index (χ2n) is 6.79. The van der Waals surface area contributed by atoms with E-state index in [0.29, 0.717) is 25.3 Å². The van der Waals surface area contributed by atoms with Crippen molar-refractivity contribution < 1.29 is 4.79 Å². The van der Waals surface area contributed by atoms with E-state index in [1.165, 1.54) is 0 Å². The highest BCUT2D eigenvalue weighted by Crippen LogP contribution is 2.34. The van der Waals surface area contributed by atoms with E-state index in [1.54, 1.807) is 22.1 Å². The number of carbonyl (C=O) groups excluding carboxylic acids is 1. The minimum absolute atomic E-state index is 0.159. The van der Waals surface area contributed by atoms with Gasteiger partial charge in [-0.25, -0.2) is 4.98 Å². The topological polar surface area (TPSA) is 92.6 Å². The zero-order valence-electron chi connectivity index (χ0n) is 15.4. The van der Waals surface area contributed by atoms with Crippen LogP contribution < -0.4 is 0 Å². The van der Waals surface area contributed by atoms with Crippen molar-refractivity contribution in [2.24, 2.45) is 0 Å². The average Bonchev–Trinajstić information content (AvgIpc) is 3.41. The standard InChI is InChI=1S/C20H19N7O/c1-2-26-12-23-25-19(26)20(28)27-10-9-15-17(22-11-21-15)18(27)16-8-7-13-5-3-4-6-14(13)24-16/h3-8,11-12,18H,2,9-10H2,1H3,(H,21,22)/t18-/m1/s1. The minimum Gasteiger partial charge on any atom is -0.348 e. The Kier molecular flexibility index (Phi) is 3.89. The summed E-state index contributed by atoms with van der Waals surface area (Å²) in [4.78, 5) is 27.7.